The first-order valence-electron chi connectivity index (χ1n) is 7.46. The van der Waals surface area contributed by atoms with Gasteiger partial charge in [-0.05, 0) is 48.5 Å². The van der Waals surface area contributed by atoms with Gasteiger partial charge in [0.05, 0.1) is 19.6 Å². The molecule has 0 saturated carbocycles. The molecular weight excluding hydrogens is 372 g/mol. The first-order valence-corrected chi connectivity index (χ1v) is 10.4. The molecule has 0 fully saturated rings. The normalized spacial score (nSPS) is 11.7. The smallest absolute Gasteiger partial charge is 0.219 e. The maximum atomic E-state index is 12.6. The van der Waals surface area contributed by atoms with Gasteiger partial charge in [0.2, 0.25) is 25.1 Å². The van der Waals surface area contributed by atoms with E-state index in [0.717, 1.165) is 0 Å². The summed E-state index contributed by atoms with van der Waals surface area (Å²) < 4.78 is 50.3. The van der Waals surface area contributed by atoms with Gasteiger partial charge in [0.15, 0.2) is 4.98 Å². The summed E-state index contributed by atoms with van der Waals surface area (Å²) in [5, 5.41) is 8.67. The molecule has 3 aromatic carbocycles. The molecule has 0 heterocycles. The van der Waals surface area contributed by atoms with Crippen molar-refractivity contribution in [2.75, 3.05) is 0 Å². The predicted molar refractivity (Wildman–Crippen MR) is 95.0 cm³/mol. The molecule has 6 nitrogen and oxygen atoms in total. The van der Waals surface area contributed by atoms with Crippen LogP contribution in [0.15, 0.2) is 98.4 Å². The van der Waals surface area contributed by atoms with Gasteiger partial charge >= 0.3 is 5.69 Å². The van der Waals surface area contributed by atoms with E-state index in [4.69, 9.17) is 5.39 Å². The summed E-state index contributed by atoms with van der Waals surface area (Å²) in [6, 6.07) is 18.3. The Labute approximate surface area is 151 Å². The number of sulfone groups is 2. The summed E-state index contributed by atoms with van der Waals surface area (Å²) in [5.41, 5.74) is 0.230. The summed E-state index contributed by atoms with van der Waals surface area (Å²) in [5.74, 6) is 0. The van der Waals surface area contributed by atoms with E-state index in [9.17, 15) is 16.8 Å². The van der Waals surface area contributed by atoms with E-state index in [0.29, 0.717) is 0 Å². The van der Waals surface area contributed by atoms with Gasteiger partial charge in [0.1, 0.15) is 0 Å². The molecule has 0 spiro atoms. The van der Waals surface area contributed by atoms with E-state index >= 15 is 0 Å². The molecule has 0 aliphatic rings. The largest absolute Gasteiger partial charge is 0.385 e. The zero-order chi connectivity index (χ0) is 18.8. The summed E-state index contributed by atoms with van der Waals surface area (Å²) in [4.78, 5) is 3.11. The molecule has 0 aliphatic heterocycles. The zero-order valence-electron chi connectivity index (χ0n) is 13.3. The van der Waals surface area contributed by atoms with Crippen LogP contribution in [0, 0.1) is 5.39 Å². The molecule has 130 valence electrons. The van der Waals surface area contributed by atoms with Crippen molar-refractivity contribution in [1.82, 2.24) is 0 Å². The molecule has 0 unspecified atom stereocenters. The van der Waals surface area contributed by atoms with Gasteiger partial charge in [0, 0.05) is 12.1 Å². The minimum atomic E-state index is -3.81. The highest BCUT2D eigenvalue weighted by Crippen LogP contribution is 2.26. The van der Waals surface area contributed by atoms with Crippen LogP contribution in [0.3, 0.4) is 0 Å². The van der Waals surface area contributed by atoms with Gasteiger partial charge in [-0.15, -0.1) is 0 Å². The van der Waals surface area contributed by atoms with Crippen LogP contribution in [0.25, 0.3) is 4.98 Å². The fourth-order valence-corrected chi connectivity index (χ4v) is 4.90. The molecule has 0 atom stereocenters. The third-order valence-corrected chi connectivity index (χ3v) is 7.33. The number of hydrogen-bond donors (Lipinski definition) is 0. The van der Waals surface area contributed by atoms with Crippen molar-refractivity contribution in [2.45, 2.75) is 19.6 Å². The lowest BCUT2D eigenvalue weighted by Gasteiger charge is -2.07. The van der Waals surface area contributed by atoms with Gasteiger partial charge in [-0.3, -0.25) is 0 Å². The molecule has 0 N–H and O–H groups in total. The van der Waals surface area contributed by atoms with Crippen molar-refractivity contribution in [3.05, 3.63) is 83.8 Å². The summed E-state index contributed by atoms with van der Waals surface area (Å²) in [6.45, 7) is 0. The molecule has 26 heavy (non-hydrogen) atoms. The first kappa shape index (κ1) is 17.8. The molecule has 0 bridgehead atoms. The van der Waals surface area contributed by atoms with Crippen molar-refractivity contribution < 1.29 is 16.8 Å². The Morgan fingerprint density at radius 2 is 0.885 bits per heavy atom. The lowest BCUT2D eigenvalue weighted by molar-refractivity contribution is 0.592. The zero-order valence-corrected chi connectivity index (χ0v) is 15.0. The minimum absolute atomic E-state index is 0.0112. The molecule has 0 aromatic heterocycles. The van der Waals surface area contributed by atoms with Crippen molar-refractivity contribution >= 4 is 25.4 Å². The van der Waals surface area contributed by atoms with Crippen LogP contribution >= 0.6 is 0 Å². The molecule has 0 aliphatic carbocycles. The van der Waals surface area contributed by atoms with Crippen LogP contribution in [0.1, 0.15) is 0 Å². The SMILES string of the molecule is N#[N+]c1ccc(S(=O)(=O)c2ccc(S(=O)(=O)c3ccccc3)cc2)cc1. The number of benzene rings is 3. The standard InChI is InChI=1S/C18H13N2O4S2/c19-20-14-6-8-16(9-7-14)26(23,24)18-12-10-17(11-13-18)25(21,22)15-4-2-1-3-5-15/h1-13H/q+1. The van der Waals surface area contributed by atoms with Crippen molar-refractivity contribution in [1.29, 1.82) is 5.39 Å². The van der Waals surface area contributed by atoms with E-state index in [1.165, 1.54) is 60.7 Å². The molecule has 3 aromatic rings. The van der Waals surface area contributed by atoms with Gasteiger partial charge in [0.25, 0.3) is 0 Å². The molecule has 0 radical (unpaired) electrons. The molecule has 8 heteroatoms. The second-order valence-corrected chi connectivity index (χ2v) is 9.28. The number of hydrogen-bond acceptors (Lipinski definition) is 5. The topological polar surface area (TPSA) is 96.4 Å². The molecule has 3 rings (SSSR count). The van der Waals surface area contributed by atoms with Crippen LogP contribution in [-0.2, 0) is 19.7 Å². The second kappa shape index (κ2) is 6.71. The van der Waals surface area contributed by atoms with Gasteiger partial charge in [-0.25, -0.2) is 16.8 Å². The lowest BCUT2D eigenvalue weighted by atomic mass is 10.3. The van der Waals surface area contributed by atoms with Crippen LogP contribution in [0.2, 0.25) is 0 Å². The Hall–Kier alpha value is -3.02. The van der Waals surface area contributed by atoms with Crippen molar-refractivity contribution in [3.63, 3.8) is 0 Å². The Bertz CT molecular complexity index is 1180. The van der Waals surface area contributed by atoms with Crippen LogP contribution in [0.5, 0.6) is 0 Å². The molecular formula is C18H13N2O4S2+. The fourth-order valence-electron chi connectivity index (χ4n) is 2.36. The highest BCUT2D eigenvalue weighted by molar-refractivity contribution is 7.92. The monoisotopic (exact) mass is 385 g/mol. The average Bonchev–Trinajstić information content (AvgIpc) is 2.69. The summed E-state index contributed by atoms with van der Waals surface area (Å²) in [7, 11) is -7.52. The second-order valence-electron chi connectivity index (χ2n) is 5.39. The Morgan fingerprint density at radius 3 is 1.27 bits per heavy atom. The Kier molecular flexibility index (Phi) is 4.59. The van der Waals surface area contributed by atoms with E-state index in [1.807, 2.05) is 0 Å². The Balaban J connectivity index is 1.98. The average molecular weight is 385 g/mol. The number of nitrogens with zero attached hydrogens (tertiary/aromatic N) is 2. The number of rotatable bonds is 4. The highest BCUT2D eigenvalue weighted by Gasteiger charge is 2.21. The maximum Gasteiger partial charge on any atom is 0.385 e. The van der Waals surface area contributed by atoms with E-state index < -0.39 is 19.7 Å². The maximum absolute atomic E-state index is 12.6. The van der Waals surface area contributed by atoms with Gasteiger partial charge in [-0.2, -0.15) is 0 Å². The van der Waals surface area contributed by atoms with E-state index in [1.54, 1.807) is 18.2 Å². The van der Waals surface area contributed by atoms with E-state index in [-0.39, 0.29) is 25.3 Å². The third kappa shape index (κ3) is 3.22. The summed E-state index contributed by atoms with van der Waals surface area (Å²) in [6.07, 6.45) is 0. The van der Waals surface area contributed by atoms with Crippen molar-refractivity contribution in [2.24, 2.45) is 0 Å². The van der Waals surface area contributed by atoms with Gasteiger partial charge < -0.3 is 0 Å². The van der Waals surface area contributed by atoms with E-state index in [2.05, 4.69) is 4.98 Å². The molecule has 0 saturated heterocycles. The third-order valence-electron chi connectivity index (χ3n) is 3.76. The lowest BCUT2D eigenvalue weighted by Crippen LogP contribution is -2.04. The number of diazo groups is 1. The highest BCUT2D eigenvalue weighted by atomic mass is 32.2. The van der Waals surface area contributed by atoms with Crippen LogP contribution in [-0.4, -0.2) is 16.8 Å². The minimum Gasteiger partial charge on any atom is -0.219 e. The first-order chi connectivity index (χ1) is 12.4. The Morgan fingerprint density at radius 1 is 0.538 bits per heavy atom. The summed E-state index contributed by atoms with van der Waals surface area (Å²) >= 11 is 0. The van der Waals surface area contributed by atoms with Crippen LogP contribution in [0.4, 0.5) is 5.69 Å². The fraction of sp³-hybridized carbons (Fsp3) is 0. The van der Waals surface area contributed by atoms with Crippen LogP contribution < -0.4 is 0 Å². The van der Waals surface area contributed by atoms with Gasteiger partial charge in [-0.1, -0.05) is 18.2 Å². The predicted octanol–water partition coefficient (Wildman–Crippen LogP) is 3.84. The van der Waals surface area contributed by atoms with Crippen molar-refractivity contribution in [3.8, 4) is 0 Å². The quantitative estimate of drug-likeness (QED) is 0.636. The molecule has 0 amide bonds.